The van der Waals surface area contributed by atoms with E-state index < -0.39 is 5.91 Å². The van der Waals surface area contributed by atoms with E-state index in [1.807, 2.05) is 38.1 Å². The predicted octanol–water partition coefficient (Wildman–Crippen LogP) is 5.31. The normalized spacial score (nSPS) is 11.2. The minimum absolute atomic E-state index is 0.0709. The third-order valence-corrected chi connectivity index (χ3v) is 6.62. The van der Waals surface area contributed by atoms with Crippen molar-refractivity contribution >= 4 is 28.5 Å². The molecule has 38 heavy (non-hydrogen) atoms. The molecule has 1 amide bonds. The smallest absolute Gasteiger partial charge is 0.268 e. The van der Waals surface area contributed by atoms with Crippen molar-refractivity contribution in [2.24, 2.45) is 0 Å². The molecule has 0 spiro atoms. The molecular weight excluding hydrogens is 504 g/mol. The first kappa shape index (κ1) is 28.6. The average molecular weight is 537 g/mol. The van der Waals surface area contributed by atoms with Gasteiger partial charge < -0.3 is 18.9 Å². The summed E-state index contributed by atoms with van der Waals surface area (Å²) in [5.41, 5.74) is 2.96. The van der Waals surface area contributed by atoms with Crippen LogP contribution < -0.4 is 19.5 Å². The predicted molar refractivity (Wildman–Crippen MR) is 147 cm³/mol. The Balaban J connectivity index is 1.48. The van der Waals surface area contributed by atoms with E-state index in [-0.39, 0.29) is 11.5 Å². The number of anilines is 1. The van der Waals surface area contributed by atoms with Gasteiger partial charge in [0.25, 0.3) is 5.91 Å². The highest BCUT2D eigenvalue weighted by Crippen LogP contribution is 2.29. The number of nitriles is 1. The van der Waals surface area contributed by atoms with Gasteiger partial charge in [-0.15, -0.1) is 10.2 Å². The van der Waals surface area contributed by atoms with Gasteiger partial charge in [-0.3, -0.25) is 10.1 Å². The molecular formula is C28H32N4O5S. The maximum Gasteiger partial charge on any atom is 0.268 e. The van der Waals surface area contributed by atoms with E-state index in [9.17, 15) is 10.1 Å². The summed E-state index contributed by atoms with van der Waals surface area (Å²) in [5, 5.41) is 21.3. The summed E-state index contributed by atoms with van der Waals surface area (Å²) >= 11 is 1.28. The summed E-state index contributed by atoms with van der Waals surface area (Å²) in [6.07, 6.45) is 1.48. The quantitative estimate of drug-likeness (QED) is 0.178. The maximum absolute atomic E-state index is 12.6. The Bertz CT molecular complexity index is 1310. The molecule has 3 aromatic rings. The van der Waals surface area contributed by atoms with E-state index >= 15 is 0 Å². The minimum atomic E-state index is -0.558. The van der Waals surface area contributed by atoms with E-state index in [0.717, 1.165) is 10.8 Å². The molecule has 0 aliphatic rings. The SMILES string of the molecule is COc1cc(C=C(C#N)C(=O)Nc2nnc(C(C)C)s2)ccc1OCCOCCOc1ccc(C)c(C)c1. The Hall–Kier alpha value is -3.94. The van der Waals surface area contributed by atoms with Crippen LogP contribution in [-0.4, -0.2) is 49.6 Å². The fraction of sp³-hybridized carbons (Fsp3) is 0.357. The van der Waals surface area contributed by atoms with Gasteiger partial charge in [0.1, 0.15) is 35.6 Å². The van der Waals surface area contributed by atoms with Gasteiger partial charge in [0.15, 0.2) is 11.5 Å². The van der Waals surface area contributed by atoms with Crippen LogP contribution in [0.4, 0.5) is 5.13 Å². The lowest BCUT2D eigenvalue weighted by molar-refractivity contribution is -0.112. The largest absolute Gasteiger partial charge is 0.493 e. The number of benzene rings is 2. The Morgan fingerprint density at radius 3 is 2.45 bits per heavy atom. The number of nitrogens with one attached hydrogen (secondary N) is 1. The number of carbonyl (C=O) groups excluding carboxylic acids is 1. The van der Waals surface area contributed by atoms with Gasteiger partial charge in [0, 0.05) is 5.92 Å². The fourth-order valence-electron chi connectivity index (χ4n) is 3.23. The van der Waals surface area contributed by atoms with E-state index in [1.54, 1.807) is 18.2 Å². The van der Waals surface area contributed by atoms with Crippen molar-refractivity contribution in [2.75, 3.05) is 38.9 Å². The summed E-state index contributed by atoms with van der Waals surface area (Å²) < 4.78 is 22.5. The van der Waals surface area contributed by atoms with E-state index in [4.69, 9.17) is 18.9 Å². The van der Waals surface area contributed by atoms with Crippen LogP contribution in [0, 0.1) is 25.2 Å². The molecule has 0 atom stereocenters. The first-order valence-electron chi connectivity index (χ1n) is 12.2. The van der Waals surface area contributed by atoms with Gasteiger partial charge in [0.2, 0.25) is 5.13 Å². The second-order valence-corrected chi connectivity index (χ2v) is 9.70. The van der Waals surface area contributed by atoms with Crippen LogP contribution in [0.1, 0.15) is 41.5 Å². The number of carbonyl (C=O) groups is 1. The minimum Gasteiger partial charge on any atom is -0.493 e. The van der Waals surface area contributed by atoms with Gasteiger partial charge in [-0.2, -0.15) is 5.26 Å². The van der Waals surface area contributed by atoms with Crippen LogP contribution in [0.25, 0.3) is 6.08 Å². The van der Waals surface area contributed by atoms with Gasteiger partial charge in [-0.05, 0) is 60.9 Å². The average Bonchev–Trinajstić information content (AvgIpc) is 3.38. The van der Waals surface area contributed by atoms with Gasteiger partial charge in [0.05, 0.1) is 20.3 Å². The summed E-state index contributed by atoms with van der Waals surface area (Å²) in [6.45, 7) is 9.68. The van der Waals surface area contributed by atoms with Crippen molar-refractivity contribution in [2.45, 2.75) is 33.6 Å². The summed E-state index contributed by atoms with van der Waals surface area (Å²) in [7, 11) is 1.52. The number of aromatic nitrogens is 2. The monoisotopic (exact) mass is 536 g/mol. The van der Waals surface area contributed by atoms with E-state index in [1.165, 1.54) is 35.6 Å². The lowest BCUT2D eigenvalue weighted by Crippen LogP contribution is -2.13. The summed E-state index contributed by atoms with van der Waals surface area (Å²) in [5.74, 6) is 1.46. The zero-order valence-electron chi connectivity index (χ0n) is 22.2. The second kappa shape index (κ2) is 14.1. The Labute approximate surface area is 227 Å². The fourth-order valence-corrected chi connectivity index (χ4v) is 3.97. The lowest BCUT2D eigenvalue weighted by atomic mass is 10.1. The molecule has 2 aromatic carbocycles. The molecule has 9 nitrogen and oxygen atoms in total. The molecule has 1 N–H and O–H groups in total. The first-order chi connectivity index (χ1) is 18.3. The molecule has 1 heterocycles. The molecule has 0 radical (unpaired) electrons. The number of methoxy groups -OCH3 is 1. The number of nitrogens with zero attached hydrogens (tertiary/aromatic N) is 3. The molecule has 0 unspecified atom stereocenters. The van der Waals surface area contributed by atoms with Crippen molar-refractivity contribution in [3.05, 3.63) is 63.7 Å². The number of aryl methyl sites for hydroxylation is 2. The van der Waals surface area contributed by atoms with E-state index in [2.05, 4.69) is 29.4 Å². The van der Waals surface area contributed by atoms with Crippen LogP contribution in [0.5, 0.6) is 17.2 Å². The van der Waals surface area contributed by atoms with Crippen molar-refractivity contribution in [1.82, 2.24) is 10.2 Å². The molecule has 0 saturated carbocycles. The third kappa shape index (κ3) is 8.30. The number of ether oxygens (including phenoxy) is 4. The third-order valence-electron chi connectivity index (χ3n) is 5.48. The summed E-state index contributed by atoms with van der Waals surface area (Å²) in [6, 6.07) is 13.1. The van der Waals surface area contributed by atoms with Crippen molar-refractivity contribution in [3.63, 3.8) is 0 Å². The van der Waals surface area contributed by atoms with E-state index in [0.29, 0.717) is 48.6 Å². The molecule has 0 aliphatic heterocycles. The van der Waals surface area contributed by atoms with Crippen molar-refractivity contribution < 1.29 is 23.7 Å². The number of hydrogen-bond acceptors (Lipinski definition) is 9. The summed E-state index contributed by atoms with van der Waals surface area (Å²) in [4.78, 5) is 12.6. The Kier molecular flexibility index (Phi) is 10.6. The second-order valence-electron chi connectivity index (χ2n) is 8.69. The molecule has 0 aliphatic carbocycles. The highest BCUT2D eigenvalue weighted by molar-refractivity contribution is 7.15. The van der Waals surface area contributed by atoms with Crippen molar-refractivity contribution in [1.29, 1.82) is 5.26 Å². The van der Waals surface area contributed by atoms with Gasteiger partial charge in [-0.1, -0.05) is 37.3 Å². The Morgan fingerprint density at radius 2 is 1.79 bits per heavy atom. The van der Waals surface area contributed by atoms with Crippen LogP contribution in [0.2, 0.25) is 0 Å². The first-order valence-corrected chi connectivity index (χ1v) is 13.0. The molecule has 200 valence electrons. The molecule has 3 rings (SSSR count). The lowest BCUT2D eigenvalue weighted by Gasteiger charge is -2.12. The topological polar surface area (TPSA) is 116 Å². The molecule has 0 fully saturated rings. The molecule has 0 saturated heterocycles. The maximum atomic E-state index is 12.6. The standard InChI is InChI=1S/C28H32N4O5S/c1-18(2)27-31-32-28(38-27)30-26(33)22(17-29)15-21-7-9-24(25(16-21)34-5)37-13-11-35-10-12-36-23-8-6-19(3)20(4)14-23/h6-9,14-16,18H,10-13H2,1-5H3,(H,30,32,33). The van der Waals surface area contributed by atoms with Crippen molar-refractivity contribution in [3.8, 4) is 23.3 Å². The molecule has 10 heteroatoms. The van der Waals surface area contributed by atoms with Crippen LogP contribution in [0.15, 0.2) is 42.0 Å². The molecule has 1 aromatic heterocycles. The van der Waals surface area contributed by atoms with Gasteiger partial charge >= 0.3 is 0 Å². The number of rotatable bonds is 13. The van der Waals surface area contributed by atoms with Crippen LogP contribution >= 0.6 is 11.3 Å². The van der Waals surface area contributed by atoms with Gasteiger partial charge in [-0.25, -0.2) is 0 Å². The number of amides is 1. The van der Waals surface area contributed by atoms with Crippen LogP contribution in [-0.2, 0) is 9.53 Å². The Morgan fingerprint density at radius 1 is 1.03 bits per heavy atom. The van der Waals surface area contributed by atoms with Crippen LogP contribution in [0.3, 0.4) is 0 Å². The zero-order chi connectivity index (χ0) is 27.5. The highest BCUT2D eigenvalue weighted by Gasteiger charge is 2.15. The molecule has 0 bridgehead atoms. The zero-order valence-corrected chi connectivity index (χ0v) is 23.1. The highest BCUT2D eigenvalue weighted by atomic mass is 32.1. The number of hydrogen-bond donors (Lipinski definition) is 1.